The molecule has 0 saturated carbocycles. The van der Waals surface area contributed by atoms with Crippen LogP contribution in [0.15, 0.2) is 65.1 Å². The lowest BCUT2D eigenvalue weighted by Gasteiger charge is -2.12. The van der Waals surface area contributed by atoms with Gasteiger partial charge < -0.3 is 9.15 Å². The van der Waals surface area contributed by atoms with E-state index in [1.165, 1.54) is 30.3 Å². The molecular formula is C25H12Cl3FN4O2. The van der Waals surface area contributed by atoms with Crippen LogP contribution >= 0.6 is 34.8 Å². The van der Waals surface area contributed by atoms with Gasteiger partial charge in [0, 0.05) is 16.0 Å². The van der Waals surface area contributed by atoms with E-state index in [0.717, 1.165) is 10.9 Å². The van der Waals surface area contributed by atoms with Crippen molar-refractivity contribution in [3.05, 3.63) is 98.7 Å². The van der Waals surface area contributed by atoms with Crippen LogP contribution < -0.4 is 4.74 Å². The molecule has 0 spiro atoms. The first-order chi connectivity index (χ1) is 16.9. The normalized spacial score (nSPS) is 10.9. The van der Waals surface area contributed by atoms with Gasteiger partial charge in [-0.05, 0) is 36.4 Å². The minimum Gasteiger partial charge on any atom is -0.453 e. The van der Waals surface area contributed by atoms with Crippen LogP contribution in [0.3, 0.4) is 0 Å². The van der Waals surface area contributed by atoms with Gasteiger partial charge in [-0.15, -0.1) is 10.2 Å². The Labute approximate surface area is 213 Å². The van der Waals surface area contributed by atoms with Gasteiger partial charge in [0.05, 0.1) is 34.2 Å². The van der Waals surface area contributed by atoms with Gasteiger partial charge in [0.2, 0.25) is 5.89 Å². The van der Waals surface area contributed by atoms with Crippen molar-refractivity contribution in [1.29, 1.82) is 5.26 Å². The van der Waals surface area contributed by atoms with Crippen molar-refractivity contribution in [2.24, 2.45) is 0 Å². The zero-order valence-electron chi connectivity index (χ0n) is 17.6. The summed E-state index contributed by atoms with van der Waals surface area (Å²) in [6.07, 6.45) is -0.0238. The van der Waals surface area contributed by atoms with Gasteiger partial charge in [0.1, 0.15) is 10.9 Å². The fourth-order valence-electron chi connectivity index (χ4n) is 3.45. The molecule has 6 nitrogen and oxygen atoms in total. The Bertz CT molecular complexity index is 1630. The molecule has 35 heavy (non-hydrogen) atoms. The second kappa shape index (κ2) is 9.51. The van der Waals surface area contributed by atoms with Crippen molar-refractivity contribution in [1.82, 2.24) is 15.2 Å². The van der Waals surface area contributed by atoms with Gasteiger partial charge in [-0.3, -0.25) is 0 Å². The largest absolute Gasteiger partial charge is 0.453 e. The fraction of sp³-hybridized carbons (Fsp3) is 0.0400. The third-order valence-electron chi connectivity index (χ3n) is 5.07. The summed E-state index contributed by atoms with van der Waals surface area (Å²) in [4.78, 5) is 4.36. The van der Waals surface area contributed by atoms with Crippen molar-refractivity contribution in [3.8, 4) is 29.0 Å². The zero-order chi connectivity index (χ0) is 24.5. The standard InChI is InChI=1S/C25H12Cl3FN4O2/c26-16-7-13(12-30)8-17(11-16)34-23-19(27)6-5-15(22(23)29)10-21-32-33-25(35-21)18-9-14-3-1-2-4-20(14)31-24(18)28/h1-9,11H,10H2. The van der Waals surface area contributed by atoms with Crippen LogP contribution in [0, 0.1) is 17.1 Å². The van der Waals surface area contributed by atoms with E-state index >= 15 is 4.39 Å². The molecular weight excluding hydrogens is 514 g/mol. The van der Waals surface area contributed by atoms with Gasteiger partial charge in [-0.2, -0.15) is 5.26 Å². The predicted molar refractivity (Wildman–Crippen MR) is 131 cm³/mol. The smallest absolute Gasteiger partial charge is 0.250 e. The van der Waals surface area contributed by atoms with Crippen molar-refractivity contribution in [3.63, 3.8) is 0 Å². The van der Waals surface area contributed by atoms with Gasteiger partial charge in [0.25, 0.3) is 5.89 Å². The summed E-state index contributed by atoms with van der Waals surface area (Å²) in [5, 5.41) is 18.6. The monoisotopic (exact) mass is 524 g/mol. The predicted octanol–water partition coefficient (Wildman–Crippen LogP) is 7.64. The van der Waals surface area contributed by atoms with Gasteiger partial charge in [0.15, 0.2) is 11.6 Å². The SMILES string of the molecule is N#Cc1cc(Cl)cc(Oc2c(Cl)ccc(Cc3nnc(-c4cc5ccccc5nc4Cl)o3)c2F)c1. The van der Waals surface area contributed by atoms with Crippen LogP contribution in [0.4, 0.5) is 4.39 Å². The van der Waals surface area contributed by atoms with Crippen LogP contribution in [0.2, 0.25) is 15.2 Å². The minimum atomic E-state index is -0.707. The van der Waals surface area contributed by atoms with Crippen molar-refractivity contribution in [2.75, 3.05) is 0 Å². The minimum absolute atomic E-state index is 0.0238. The number of nitrogens with zero attached hydrogens (tertiary/aromatic N) is 4. The lowest BCUT2D eigenvalue weighted by molar-refractivity contribution is 0.437. The molecule has 5 aromatic rings. The quantitative estimate of drug-likeness (QED) is 0.219. The van der Waals surface area contributed by atoms with Crippen LogP contribution in [-0.4, -0.2) is 15.2 Å². The molecule has 2 aromatic heterocycles. The van der Waals surface area contributed by atoms with Crippen LogP contribution in [-0.2, 0) is 6.42 Å². The number of halogens is 4. The van der Waals surface area contributed by atoms with Crippen molar-refractivity contribution < 1.29 is 13.5 Å². The lowest BCUT2D eigenvalue weighted by atomic mass is 10.1. The van der Waals surface area contributed by atoms with E-state index in [0.29, 0.717) is 5.56 Å². The topological polar surface area (TPSA) is 84.8 Å². The molecule has 0 radical (unpaired) electrons. The third-order valence-corrected chi connectivity index (χ3v) is 5.87. The number of nitriles is 1. The Morgan fingerprint density at radius 2 is 1.83 bits per heavy atom. The number of hydrogen-bond donors (Lipinski definition) is 0. The second-order valence-corrected chi connectivity index (χ2v) is 8.64. The summed E-state index contributed by atoms with van der Waals surface area (Å²) in [6, 6.07) is 18.6. The Morgan fingerprint density at radius 3 is 2.66 bits per heavy atom. The summed E-state index contributed by atoms with van der Waals surface area (Å²) < 4.78 is 26.7. The Hall–Kier alpha value is -3.70. The Morgan fingerprint density at radius 1 is 1.00 bits per heavy atom. The molecule has 172 valence electrons. The molecule has 0 aliphatic rings. The molecule has 0 aliphatic heterocycles. The number of aromatic nitrogens is 3. The molecule has 0 atom stereocenters. The highest BCUT2D eigenvalue weighted by molar-refractivity contribution is 6.32. The molecule has 3 aromatic carbocycles. The van der Waals surface area contributed by atoms with Gasteiger partial charge in [-0.1, -0.05) is 59.1 Å². The van der Waals surface area contributed by atoms with Gasteiger partial charge in [-0.25, -0.2) is 9.37 Å². The van der Waals surface area contributed by atoms with Crippen LogP contribution in [0.5, 0.6) is 11.5 Å². The summed E-state index contributed by atoms with van der Waals surface area (Å²) in [5.74, 6) is -0.425. The summed E-state index contributed by atoms with van der Waals surface area (Å²) >= 11 is 18.5. The van der Waals surface area contributed by atoms with E-state index in [-0.39, 0.29) is 56.0 Å². The number of ether oxygens (including phenoxy) is 1. The highest BCUT2D eigenvalue weighted by atomic mass is 35.5. The maximum atomic E-state index is 15.3. The maximum absolute atomic E-state index is 15.3. The van der Waals surface area contributed by atoms with Gasteiger partial charge >= 0.3 is 0 Å². The van der Waals surface area contributed by atoms with Crippen LogP contribution in [0.1, 0.15) is 17.0 Å². The maximum Gasteiger partial charge on any atom is 0.250 e. The molecule has 2 heterocycles. The molecule has 0 saturated heterocycles. The van der Waals surface area contributed by atoms with E-state index in [4.69, 9.17) is 49.2 Å². The summed E-state index contributed by atoms with van der Waals surface area (Å²) in [5.41, 5.74) is 1.68. The Balaban J connectivity index is 1.44. The second-order valence-electron chi connectivity index (χ2n) is 7.44. The van der Waals surface area contributed by atoms with E-state index < -0.39 is 5.82 Å². The highest BCUT2D eigenvalue weighted by Gasteiger charge is 2.19. The first-order valence-corrected chi connectivity index (χ1v) is 11.3. The number of pyridine rings is 1. The van der Waals surface area contributed by atoms with E-state index in [2.05, 4.69) is 15.2 Å². The summed E-state index contributed by atoms with van der Waals surface area (Å²) in [7, 11) is 0. The van der Waals surface area contributed by atoms with Crippen LogP contribution in [0.25, 0.3) is 22.4 Å². The molecule has 0 bridgehead atoms. The average Bonchev–Trinajstić information content (AvgIpc) is 3.31. The lowest BCUT2D eigenvalue weighted by Crippen LogP contribution is -1.98. The van der Waals surface area contributed by atoms with Crippen molar-refractivity contribution >= 4 is 45.7 Å². The molecule has 0 unspecified atom stereocenters. The third kappa shape index (κ3) is 4.77. The Kier molecular flexibility index (Phi) is 6.27. The first-order valence-electron chi connectivity index (χ1n) is 10.1. The van der Waals surface area contributed by atoms with E-state index in [1.807, 2.05) is 30.3 Å². The highest BCUT2D eigenvalue weighted by Crippen LogP contribution is 2.36. The van der Waals surface area contributed by atoms with Crippen molar-refractivity contribution in [2.45, 2.75) is 6.42 Å². The number of rotatable bonds is 5. The van der Waals surface area contributed by atoms with E-state index in [1.54, 1.807) is 6.07 Å². The molecule has 5 rings (SSSR count). The molecule has 0 amide bonds. The summed E-state index contributed by atoms with van der Waals surface area (Å²) in [6.45, 7) is 0. The molecule has 0 aliphatic carbocycles. The number of hydrogen-bond acceptors (Lipinski definition) is 6. The number of para-hydroxylation sites is 1. The zero-order valence-corrected chi connectivity index (χ0v) is 19.9. The number of benzene rings is 3. The van der Waals surface area contributed by atoms with E-state index in [9.17, 15) is 0 Å². The molecule has 0 N–H and O–H groups in total. The first kappa shape index (κ1) is 23.1. The number of fused-ring (bicyclic) bond motifs is 1. The fourth-order valence-corrected chi connectivity index (χ4v) is 4.08. The molecule has 0 fully saturated rings. The average molecular weight is 526 g/mol. The molecule has 10 heteroatoms.